The summed E-state index contributed by atoms with van der Waals surface area (Å²) in [6, 6.07) is 7.37. The second kappa shape index (κ2) is 10.2. The molecule has 2 amide bonds. The van der Waals surface area contributed by atoms with Gasteiger partial charge in [-0.25, -0.2) is 0 Å². The van der Waals surface area contributed by atoms with E-state index in [0.717, 1.165) is 24.1 Å². The summed E-state index contributed by atoms with van der Waals surface area (Å²) in [7, 11) is 1.94. The second-order valence-electron chi connectivity index (χ2n) is 8.62. The van der Waals surface area contributed by atoms with Gasteiger partial charge in [0.25, 0.3) is 0 Å². The smallest absolute Gasteiger partial charge is 0.248 e. The lowest BCUT2D eigenvalue weighted by Gasteiger charge is -2.36. The fraction of sp³-hybridized carbons (Fsp3) is 0.500. The van der Waals surface area contributed by atoms with Crippen LogP contribution in [0.25, 0.3) is 11.3 Å². The first-order valence-corrected chi connectivity index (χ1v) is 11.3. The number of hydrogen-bond donors (Lipinski definition) is 1. The summed E-state index contributed by atoms with van der Waals surface area (Å²) in [5.41, 5.74) is 8.08. The summed E-state index contributed by atoms with van der Waals surface area (Å²) < 4.78 is 6.03. The van der Waals surface area contributed by atoms with E-state index >= 15 is 0 Å². The fourth-order valence-electron chi connectivity index (χ4n) is 4.59. The highest BCUT2D eigenvalue weighted by Gasteiger charge is 2.29. The zero-order chi connectivity index (χ0) is 22.5. The number of morpholine rings is 1. The van der Waals surface area contributed by atoms with E-state index < -0.39 is 5.91 Å². The van der Waals surface area contributed by atoms with Crippen molar-refractivity contribution in [2.45, 2.75) is 44.2 Å². The van der Waals surface area contributed by atoms with E-state index in [1.165, 1.54) is 19.3 Å². The molecule has 0 radical (unpaired) electrons. The number of nitrogens with two attached hydrogens (primary N) is 1. The van der Waals surface area contributed by atoms with E-state index in [4.69, 9.17) is 10.5 Å². The Balaban J connectivity index is 1.45. The molecular formula is C24H31N5O3. The van der Waals surface area contributed by atoms with Crippen molar-refractivity contribution in [2.24, 2.45) is 5.73 Å². The first-order valence-electron chi connectivity index (χ1n) is 11.3. The van der Waals surface area contributed by atoms with Crippen molar-refractivity contribution in [2.75, 3.05) is 33.3 Å². The van der Waals surface area contributed by atoms with Gasteiger partial charge in [0.2, 0.25) is 11.8 Å². The van der Waals surface area contributed by atoms with Crippen LogP contribution in [-0.4, -0.2) is 70.9 Å². The maximum Gasteiger partial charge on any atom is 0.248 e. The predicted octanol–water partition coefficient (Wildman–Crippen LogP) is 2.41. The van der Waals surface area contributed by atoms with Crippen molar-refractivity contribution >= 4 is 11.8 Å². The van der Waals surface area contributed by atoms with E-state index in [9.17, 15) is 9.59 Å². The Kier molecular flexibility index (Phi) is 7.12. The van der Waals surface area contributed by atoms with Crippen molar-refractivity contribution in [1.82, 2.24) is 19.8 Å². The van der Waals surface area contributed by atoms with Crippen LogP contribution in [0.15, 0.2) is 36.7 Å². The third-order valence-corrected chi connectivity index (χ3v) is 6.50. The van der Waals surface area contributed by atoms with E-state index in [1.807, 2.05) is 24.1 Å². The summed E-state index contributed by atoms with van der Waals surface area (Å²) >= 11 is 0. The Hall–Kier alpha value is -2.84. The number of rotatable bonds is 6. The minimum atomic E-state index is -0.468. The molecule has 0 unspecified atom stereocenters. The first-order chi connectivity index (χ1) is 15.5. The Labute approximate surface area is 188 Å². The molecule has 1 aromatic carbocycles. The average molecular weight is 438 g/mol. The summed E-state index contributed by atoms with van der Waals surface area (Å²) in [6.45, 7) is 2.20. The fourth-order valence-corrected chi connectivity index (χ4v) is 4.59. The summed E-state index contributed by atoms with van der Waals surface area (Å²) in [4.78, 5) is 37.4. The standard InChI is InChI=1S/C24H31N5O3/c1-28(19-5-3-2-4-6-19)21(30)16-29-13-14-32-20(15-29)23-22(26-11-12-27-23)17-7-9-18(10-8-17)24(25)31/h7-12,19-20H,2-6,13-16H2,1H3,(H2,25,31)/t20-/m1/s1. The molecule has 4 rings (SSSR count). The van der Waals surface area contributed by atoms with Gasteiger partial charge in [-0.15, -0.1) is 0 Å². The molecule has 2 N–H and O–H groups in total. The quantitative estimate of drug-likeness (QED) is 0.745. The highest BCUT2D eigenvalue weighted by Crippen LogP contribution is 2.29. The van der Waals surface area contributed by atoms with Gasteiger partial charge in [0.1, 0.15) is 6.10 Å². The number of carbonyl (C=O) groups is 2. The third kappa shape index (κ3) is 5.14. The van der Waals surface area contributed by atoms with Crippen LogP contribution in [0.2, 0.25) is 0 Å². The molecule has 1 aliphatic heterocycles. The summed E-state index contributed by atoms with van der Waals surface area (Å²) in [5.74, 6) is -0.302. The van der Waals surface area contributed by atoms with Crippen LogP contribution < -0.4 is 5.73 Å². The minimum absolute atomic E-state index is 0.166. The number of likely N-dealkylation sites (N-methyl/N-ethyl adjacent to an activating group) is 1. The van der Waals surface area contributed by atoms with Gasteiger partial charge in [-0.2, -0.15) is 0 Å². The number of aromatic nitrogens is 2. The van der Waals surface area contributed by atoms with Gasteiger partial charge < -0.3 is 15.4 Å². The van der Waals surface area contributed by atoms with E-state index in [1.54, 1.807) is 24.5 Å². The zero-order valence-corrected chi connectivity index (χ0v) is 18.6. The molecule has 8 heteroatoms. The van der Waals surface area contributed by atoms with Crippen LogP contribution in [0.4, 0.5) is 0 Å². The Morgan fingerprint density at radius 2 is 1.84 bits per heavy atom. The minimum Gasteiger partial charge on any atom is -0.369 e. The molecule has 0 bridgehead atoms. The lowest BCUT2D eigenvalue weighted by atomic mass is 9.94. The molecule has 2 aliphatic rings. The molecule has 1 atom stereocenters. The summed E-state index contributed by atoms with van der Waals surface area (Å²) in [5, 5.41) is 0. The number of amides is 2. The van der Waals surface area contributed by atoms with Crippen molar-refractivity contribution in [1.29, 1.82) is 0 Å². The van der Waals surface area contributed by atoms with Gasteiger partial charge in [-0.05, 0) is 25.0 Å². The molecule has 1 saturated carbocycles. The molecule has 170 valence electrons. The van der Waals surface area contributed by atoms with Gasteiger partial charge >= 0.3 is 0 Å². The number of carbonyl (C=O) groups excluding carboxylic acids is 2. The Bertz CT molecular complexity index is 943. The maximum atomic E-state index is 12.9. The number of hydrogen-bond acceptors (Lipinski definition) is 6. The van der Waals surface area contributed by atoms with Crippen LogP contribution in [0.1, 0.15) is 54.3 Å². The van der Waals surface area contributed by atoms with Crippen LogP contribution in [-0.2, 0) is 9.53 Å². The van der Waals surface area contributed by atoms with Crippen LogP contribution in [0, 0.1) is 0 Å². The van der Waals surface area contributed by atoms with E-state index in [2.05, 4.69) is 14.9 Å². The average Bonchev–Trinajstić information content (AvgIpc) is 2.84. The molecular weight excluding hydrogens is 406 g/mol. The van der Waals surface area contributed by atoms with Crippen molar-refractivity contribution in [3.05, 3.63) is 47.9 Å². The van der Waals surface area contributed by atoms with Crippen LogP contribution in [0.5, 0.6) is 0 Å². The molecule has 2 heterocycles. The SMILES string of the molecule is CN(C(=O)CN1CCO[C@@H](c2nccnc2-c2ccc(C(N)=O)cc2)C1)C1CCCCC1. The van der Waals surface area contributed by atoms with Crippen molar-refractivity contribution < 1.29 is 14.3 Å². The topological polar surface area (TPSA) is 102 Å². The number of nitrogens with zero attached hydrogens (tertiary/aromatic N) is 4. The second-order valence-corrected chi connectivity index (χ2v) is 8.62. The lowest BCUT2D eigenvalue weighted by Crippen LogP contribution is -2.47. The van der Waals surface area contributed by atoms with Gasteiger partial charge in [0, 0.05) is 49.7 Å². The lowest BCUT2D eigenvalue weighted by molar-refractivity contribution is -0.135. The van der Waals surface area contributed by atoms with Crippen LogP contribution >= 0.6 is 0 Å². The van der Waals surface area contributed by atoms with E-state index in [-0.39, 0.29) is 12.0 Å². The number of primary amides is 1. The molecule has 1 aromatic heterocycles. The molecule has 8 nitrogen and oxygen atoms in total. The third-order valence-electron chi connectivity index (χ3n) is 6.50. The van der Waals surface area contributed by atoms with Crippen molar-refractivity contribution in [3.63, 3.8) is 0 Å². The maximum absolute atomic E-state index is 12.9. The zero-order valence-electron chi connectivity index (χ0n) is 18.6. The largest absolute Gasteiger partial charge is 0.369 e. The highest BCUT2D eigenvalue weighted by atomic mass is 16.5. The Morgan fingerprint density at radius 1 is 1.12 bits per heavy atom. The van der Waals surface area contributed by atoms with Gasteiger partial charge in [0.15, 0.2) is 0 Å². The Morgan fingerprint density at radius 3 is 2.56 bits per heavy atom. The number of benzene rings is 1. The predicted molar refractivity (Wildman–Crippen MR) is 121 cm³/mol. The van der Waals surface area contributed by atoms with E-state index in [0.29, 0.717) is 43.5 Å². The van der Waals surface area contributed by atoms with Crippen LogP contribution in [0.3, 0.4) is 0 Å². The molecule has 2 fully saturated rings. The molecule has 0 spiro atoms. The monoisotopic (exact) mass is 437 g/mol. The first kappa shape index (κ1) is 22.4. The van der Waals surface area contributed by atoms with Crippen molar-refractivity contribution in [3.8, 4) is 11.3 Å². The molecule has 1 aliphatic carbocycles. The summed E-state index contributed by atoms with van der Waals surface area (Å²) in [6.07, 6.45) is 8.91. The van der Waals surface area contributed by atoms with Gasteiger partial charge in [0.05, 0.1) is 24.5 Å². The number of ether oxygens (including phenoxy) is 1. The normalized spacial score (nSPS) is 20.1. The highest BCUT2D eigenvalue weighted by molar-refractivity contribution is 5.93. The molecule has 32 heavy (non-hydrogen) atoms. The van der Waals surface area contributed by atoms with Gasteiger partial charge in [-0.1, -0.05) is 31.4 Å². The molecule has 2 aromatic rings. The van der Waals surface area contributed by atoms with Gasteiger partial charge in [-0.3, -0.25) is 24.5 Å². The molecule has 1 saturated heterocycles.